The van der Waals surface area contributed by atoms with E-state index in [-0.39, 0.29) is 5.56 Å². The van der Waals surface area contributed by atoms with Crippen LogP contribution in [-0.2, 0) is 4.74 Å². The topological polar surface area (TPSA) is 41.6 Å². The molecular formula is C12H15FN2O2. The number of halogens is 1. The lowest BCUT2D eigenvalue weighted by molar-refractivity contribution is 0.0600. The molecule has 5 heteroatoms. The maximum absolute atomic E-state index is 13.4. The summed E-state index contributed by atoms with van der Waals surface area (Å²) in [7, 11) is 1.29. The Morgan fingerprint density at radius 3 is 2.71 bits per heavy atom. The van der Waals surface area contributed by atoms with Gasteiger partial charge in [-0.3, -0.25) is 0 Å². The number of hydrogen-bond donors (Lipinski definition) is 1. The van der Waals surface area contributed by atoms with Gasteiger partial charge in [-0.15, -0.1) is 0 Å². The van der Waals surface area contributed by atoms with Crippen LogP contribution in [0.4, 0.5) is 10.1 Å². The molecule has 92 valence electrons. The van der Waals surface area contributed by atoms with Crippen LogP contribution in [0.25, 0.3) is 0 Å². The van der Waals surface area contributed by atoms with Gasteiger partial charge in [0.2, 0.25) is 0 Å². The smallest absolute Gasteiger partial charge is 0.338 e. The predicted molar refractivity (Wildman–Crippen MR) is 62.8 cm³/mol. The number of rotatable bonds is 2. The van der Waals surface area contributed by atoms with Crippen LogP contribution in [0.1, 0.15) is 10.4 Å². The summed E-state index contributed by atoms with van der Waals surface area (Å²) in [5.74, 6) is -0.928. The first kappa shape index (κ1) is 11.9. The summed E-state index contributed by atoms with van der Waals surface area (Å²) >= 11 is 0. The van der Waals surface area contributed by atoms with Crippen LogP contribution in [0.15, 0.2) is 18.2 Å². The fraction of sp³-hybridized carbons (Fsp3) is 0.417. The first-order valence-electron chi connectivity index (χ1n) is 5.55. The lowest BCUT2D eigenvalue weighted by atomic mass is 10.1. The molecule has 4 nitrogen and oxygen atoms in total. The second kappa shape index (κ2) is 5.14. The van der Waals surface area contributed by atoms with Crippen molar-refractivity contribution < 1.29 is 13.9 Å². The quantitative estimate of drug-likeness (QED) is 0.781. The second-order valence-electron chi connectivity index (χ2n) is 3.93. The summed E-state index contributed by atoms with van der Waals surface area (Å²) in [6, 6.07) is 4.30. The van der Waals surface area contributed by atoms with Gasteiger partial charge in [-0.2, -0.15) is 0 Å². The van der Waals surface area contributed by atoms with Gasteiger partial charge in [-0.25, -0.2) is 9.18 Å². The maximum atomic E-state index is 13.4. The van der Waals surface area contributed by atoms with Gasteiger partial charge in [-0.05, 0) is 18.2 Å². The van der Waals surface area contributed by atoms with E-state index in [1.54, 1.807) is 6.07 Å². The standard InChI is InChI=1S/C12H15FN2O2/c1-17-12(16)9-6-10(13)8-11(7-9)15-4-2-14-3-5-15/h6-8,14H,2-5H2,1H3. The molecule has 0 bridgehead atoms. The van der Waals surface area contributed by atoms with E-state index in [1.165, 1.54) is 19.2 Å². The number of piperazine rings is 1. The maximum Gasteiger partial charge on any atom is 0.338 e. The van der Waals surface area contributed by atoms with Gasteiger partial charge in [0, 0.05) is 31.9 Å². The third kappa shape index (κ3) is 2.74. The molecule has 2 rings (SSSR count). The molecule has 0 amide bonds. The van der Waals surface area contributed by atoms with Gasteiger partial charge in [0.05, 0.1) is 12.7 Å². The molecule has 0 saturated carbocycles. The number of carbonyl (C=O) groups excluding carboxylic acids is 1. The summed E-state index contributed by atoms with van der Waals surface area (Å²) in [5.41, 5.74) is 0.980. The van der Waals surface area contributed by atoms with Crippen molar-refractivity contribution in [1.29, 1.82) is 0 Å². The summed E-state index contributed by atoms with van der Waals surface area (Å²) in [6.45, 7) is 3.35. The van der Waals surface area contributed by atoms with Crippen molar-refractivity contribution in [3.8, 4) is 0 Å². The molecule has 17 heavy (non-hydrogen) atoms. The van der Waals surface area contributed by atoms with E-state index in [1.807, 2.05) is 4.90 Å². The van der Waals surface area contributed by atoms with Crippen LogP contribution in [-0.4, -0.2) is 39.3 Å². The van der Waals surface area contributed by atoms with Crippen molar-refractivity contribution in [3.05, 3.63) is 29.6 Å². The number of esters is 1. The molecule has 0 atom stereocenters. The number of hydrogen-bond acceptors (Lipinski definition) is 4. The van der Waals surface area contributed by atoms with E-state index >= 15 is 0 Å². The molecular weight excluding hydrogens is 223 g/mol. The molecule has 1 N–H and O–H groups in total. The van der Waals surface area contributed by atoms with E-state index in [0.29, 0.717) is 0 Å². The molecule has 1 aromatic rings. The normalized spacial score (nSPS) is 15.8. The van der Waals surface area contributed by atoms with E-state index in [4.69, 9.17) is 0 Å². The molecule has 1 aliphatic heterocycles. The van der Waals surface area contributed by atoms with Gasteiger partial charge in [0.1, 0.15) is 5.82 Å². The zero-order chi connectivity index (χ0) is 12.3. The Kier molecular flexibility index (Phi) is 3.58. The highest BCUT2D eigenvalue weighted by Crippen LogP contribution is 2.19. The average Bonchev–Trinajstić information content (AvgIpc) is 2.38. The largest absolute Gasteiger partial charge is 0.465 e. The molecule has 1 saturated heterocycles. The van der Waals surface area contributed by atoms with E-state index < -0.39 is 11.8 Å². The number of ether oxygens (including phenoxy) is 1. The van der Waals surface area contributed by atoms with Crippen LogP contribution in [0.3, 0.4) is 0 Å². The van der Waals surface area contributed by atoms with E-state index in [0.717, 1.165) is 31.9 Å². The molecule has 0 radical (unpaired) electrons. The minimum absolute atomic E-state index is 0.251. The highest BCUT2D eigenvalue weighted by Gasteiger charge is 2.14. The third-order valence-corrected chi connectivity index (χ3v) is 2.79. The average molecular weight is 238 g/mol. The van der Waals surface area contributed by atoms with Gasteiger partial charge in [-0.1, -0.05) is 0 Å². The zero-order valence-electron chi connectivity index (χ0n) is 9.70. The molecule has 0 aromatic heterocycles. The molecule has 0 spiro atoms. The van der Waals surface area contributed by atoms with Crippen LogP contribution in [0.5, 0.6) is 0 Å². The summed E-state index contributed by atoms with van der Waals surface area (Å²) in [6.07, 6.45) is 0. The molecule has 1 heterocycles. The van der Waals surface area contributed by atoms with Gasteiger partial charge < -0.3 is 15.0 Å². The van der Waals surface area contributed by atoms with E-state index in [2.05, 4.69) is 10.1 Å². The Morgan fingerprint density at radius 1 is 1.35 bits per heavy atom. The first-order valence-corrected chi connectivity index (χ1v) is 5.55. The van der Waals surface area contributed by atoms with Crippen LogP contribution < -0.4 is 10.2 Å². The summed E-state index contributed by atoms with van der Waals surface area (Å²) in [4.78, 5) is 13.4. The van der Waals surface area contributed by atoms with Crippen molar-refractivity contribution in [3.63, 3.8) is 0 Å². The molecule has 0 aliphatic carbocycles. The van der Waals surface area contributed by atoms with Crippen molar-refractivity contribution in [2.24, 2.45) is 0 Å². The lowest BCUT2D eigenvalue weighted by Crippen LogP contribution is -2.43. The third-order valence-electron chi connectivity index (χ3n) is 2.79. The Bertz CT molecular complexity index is 417. The van der Waals surface area contributed by atoms with Crippen molar-refractivity contribution in [1.82, 2.24) is 5.32 Å². The van der Waals surface area contributed by atoms with E-state index in [9.17, 15) is 9.18 Å². The molecule has 1 fully saturated rings. The van der Waals surface area contributed by atoms with Crippen molar-refractivity contribution in [2.75, 3.05) is 38.2 Å². The van der Waals surface area contributed by atoms with Gasteiger partial charge >= 0.3 is 5.97 Å². The Hall–Kier alpha value is -1.62. The molecule has 1 aliphatic rings. The monoisotopic (exact) mass is 238 g/mol. The number of carbonyl (C=O) groups is 1. The summed E-state index contributed by atoms with van der Waals surface area (Å²) in [5, 5.41) is 3.22. The molecule has 1 aromatic carbocycles. The van der Waals surface area contributed by atoms with Crippen LogP contribution in [0.2, 0.25) is 0 Å². The highest BCUT2D eigenvalue weighted by molar-refractivity contribution is 5.90. The van der Waals surface area contributed by atoms with Crippen LogP contribution in [0, 0.1) is 5.82 Å². The number of benzene rings is 1. The minimum Gasteiger partial charge on any atom is -0.465 e. The SMILES string of the molecule is COC(=O)c1cc(F)cc(N2CCNCC2)c1. The fourth-order valence-electron chi connectivity index (χ4n) is 1.92. The Morgan fingerprint density at radius 2 is 2.06 bits per heavy atom. The van der Waals surface area contributed by atoms with Crippen molar-refractivity contribution >= 4 is 11.7 Å². The summed E-state index contributed by atoms with van der Waals surface area (Å²) < 4.78 is 18.0. The lowest BCUT2D eigenvalue weighted by Gasteiger charge is -2.29. The Labute approximate surface area is 99.4 Å². The second-order valence-corrected chi connectivity index (χ2v) is 3.93. The number of nitrogens with zero attached hydrogens (tertiary/aromatic N) is 1. The number of nitrogens with one attached hydrogen (secondary N) is 1. The van der Waals surface area contributed by atoms with Crippen LogP contribution >= 0.6 is 0 Å². The fourth-order valence-corrected chi connectivity index (χ4v) is 1.92. The number of anilines is 1. The predicted octanol–water partition coefficient (Wildman–Crippen LogP) is 1.02. The van der Waals surface area contributed by atoms with Crippen molar-refractivity contribution in [2.45, 2.75) is 0 Å². The van der Waals surface area contributed by atoms with Gasteiger partial charge in [0.15, 0.2) is 0 Å². The zero-order valence-corrected chi connectivity index (χ0v) is 9.70. The minimum atomic E-state index is -0.513. The Balaban J connectivity index is 2.27. The number of methoxy groups -OCH3 is 1. The van der Waals surface area contributed by atoms with Gasteiger partial charge in [0.25, 0.3) is 0 Å². The highest BCUT2D eigenvalue weighted by atomic mass is 19.1. The first-order chi connectivity index (χ1) is 8.20. The molecule has 0 unspecified atom stereocenters.